The second-order valence-corrected chi connectivity index (χ2v) is 8.86. The lowest BCUT2D eigenvalue weighted by Gasteiger charge is -2.22. The minimum Gasteiger partial charge on any atom is -0.413 e. The van der Waals surface area contributed by atoms with E-state index in [1.54, 1.807) is 4.98 Å². The van der Waals surface area contributed by atoms with Crippen molar-refractivity contribution in [2.75, 3.05) is 13.2 Å². The van der Waals surface area contributed by atoms with E-state index in [0.717, 1.165) is 4.57 Å². The number of H-pyrrole nitrogens is 1. The van der Waals surface area contributed by atoms with E-state index in [1.807, 2.05) is 5.09 Å². The molecule has 1 fully saturated rings. The summed E-state index contributed by atoms with van der Waals surface area (Å²) in [6.45, 7) is -1.59. The van der Waals surface area contributed by atoms with Crippen LogP contribution in [0.15, 0.2) is 40.1 Å². The van der Waals surface area contributed by atoms with Gasteiger partial charge in [0.05, 0.1) is 25.5 Å². The second-order valence-electron chi connectivity index (χ2n) is 6.67. The third kappa shape index (κ3) is 6.21. The number of halogens is 4. The molecule has 10 nitrogen and oxygen atoms in total. The molecule has 0 spiro atoms. The van der Waals surface area contributed by atoms with Gasteiger partial charge in [-0.25, -0.2) is 23.2 Å². The molecule has 1 aromatic heterocycles. The average Bonchev–Trinajstić information content (AvgIpc) is 3.10. The van der Waals surface area contributed by atoms with Crippen LogP contribution >= 0.6 is 19.3 Å². The predicted molar refractivity (Wildman–Crippen MR) is 105 cm³/mol. The van der Waals surface area contributed by atoms with Crippen LogP contribution in [0.5, 0.6) is 5.75 Å². The average molecular weight is 500 g/mol. The molecule has 1 aliphatic heterocycles. The maximum Gasteiger partial charge on any atom is 0.458 e. The molecule has 3 N–H and O–H groups in total. The monoisotopic (exact) mass is 499 g/mol. The van der Waals surface area contributed by atoms with E-state index in [4.69, 9.17) is 25.4 Å². The van der Waals surface area contributed by atoms with Gasteiger partial charge in [0, 0.05) is 11.4 Å². The van der Waals surface area contributed by atoms with Crippen molar-refractivity contribution >= 4 is 19.3 Å². The van der Waals surface area contributed by atoms with Crippen molar-refractivity contribution < 1.29 is 36.6 Å². The highest BCUT2D eigenvalue weighted by Crippen LogP contribution is 2.45. The molecule has 0 saturated carbocycles. The molecule has 176 valence electrons. The summed E-state index contributed by atoms with van der Waals surface area (Å²) in [5.41, 5.74) is -2.18. The Kier molecular flexibility index (Phi) is 7.80. The van der Waals surface area contributed by atoms with Gasteiger partial charge >= 0.3 is 13.4 Å². The SMILES string of the molecule is O=c1[nH]c(=O)n([C@H]2C[C@H](O)[C@@H](COP(=O)(NCC(F)F)Oc3ccc(Cl)cc3)O2)cc1F. The third-order valence-corrected chi connectivity index (χ3v) is 6.09. The summed E-state index contributed by atoms with van der Waals surface area (Å²) in [4.78, 5) is 24.8. The fourth-order valence-corrected chi connectivity index (χ4v) is 4.24. The Bertz CT molecular complexity index is 1100. The van der Waals surface area contributed by atoms with Gasteiger partial charge in [0.2, 0.25) is 5.82 Å². The summed E-state index contributed by atoms with van der Waals surface area (Å²) < 4.78 is 68.3. The van der Waals surface area contributed by atoms with Crippen LogP contribution in [0.25, 0.3) is 0 Å². The van der Waals surface area contributed by atoms with Crippen LogP contribution in [0.1, 0.15) is 12.6 Å². The van der Waals surface area contributed by atoms with Gasteiger partial charge < -0.3 is 14.4 Å². The first-order chi connectivity index (χ1) is 15.1. The largest absolute Gasteiger partial charge is 0.458 e. The number of nitrogens with one attached hydrogen (secondary N) is 2. The van der Waals surface area contributed by atoms with Crippen LogP contribution in [-0.4, -0.2) is 46.4 Å². The number of nitrogens with zero attached hydrogens (tertiary/aromatic N) is 1. The van der Waals surface area contributed by atoms with Crippen LogP contribution in [0, 0.1) is 5.82 Å². The number of rotatable bonds is 9. The van der Waals surface area contributed by atoms with Gasteiger partial charge in [0.1, 0.15) is 18.1 Å². The molecule has 1 saturated heterocycles. The summed E-state index contributed by atoms with van der Waals surface area (Å²) in [7, 11) is -4.35. The highest BCUT2D eigenvalue weighted by Gasteiger charge is 2.38. The topological polar surface area (TPSA) is 132 Å². The fourth-order valence-electron chi connectivity index (χ4n) is 2.80. The normalized spacial score (nSPS) is 22.8. The number of aliphatic hydroxyl groups is 1. The first-order valence-electron chi connectivity index (χ1n) is 9.14. The number of aromatic amines is 1. The number of hydrogen-bond acceptors (Lipinski definition) is 7. The molecule has 1 unspecified atom stereocenters. The Labute approximate surface area is 183 Å². The molecule has 1 aliphatic rings. The van der Waals surface area contributed by atoms with Gasteiger partial charge in [-0.2, -0.15) is 4.39 Å². The first kappa shape index (κ1) is 24.5. The van der Waals surface area contributed by atoms with Gasteiger partial charge in [-0.1, -0.05) is 11.6 Å². The number of alkyl halides is 2. The highest BCUT2D eigenvalue weighted by atomic mass is 35.5. The lowest BCUT2D eigenvalue weighted by atomic mass is 10.2. The van der Waals surface area contributed by atoms with E-state index >= 15 is 0 Å². The van der Waals surface area contributed by atoms with Crippen LogP contribution in [-0.2, 0) is 13.8 Å². The summed E-state index contributed by atoms with van der Waals surface area (Å²) in [5, 5.41) is 12.6. The molecule has 15 heteroatoms. The molecule has 2 heterocycles. The molecular formula is C17H18ClF3N3O7P. The van der Waals surface area contributed by atoms with Gasteiger partial charge in [0.25, 0.3) is 12.0 Å². The van der Waals surface area contributed by atoms with E-state index in [-0.39, 0.29) is 12.2 Å². The van der Waals surface area contributed by atoms with Gasteiger partial charge in [-0.05, 0) is 24.3 Å². The Morgan fingerprint density at radius 2 is 2.03 bits per heavy atom. The fraction of sp³-hybridized carbons (Fsp3) is 0.412. The van der Waals surface area contributed by atoms with E-state index in [9.17, 15) is 32.4 Å². The molecule has 0 radical (unpaired) electrons. The predicted octanol–water partition coefficient (Wildman–Crippen LogP) is 2.04. The van der Waals surface area contributed by atoms with Crippen molar-refractivity contribution in [1.82, 2.24) is 14.6 Å². The second kappa shape index (κ2) is 10.2. The van der Waals surface area contributed by atoms with Crippen molar-refractivity contribution in [3.8, 4) is 5.75 Å². The van der Waals surface area contributed by atoms with Crippen LogP contribution in [0.3, 0.4) is 0 Å². The summed E-state index contributed by atoms with van der Waals surface area (Å²) in [6, 6.07) is 5.53. The van der Waals surface area contributed by atoms with Crippen molar-refractivity contribution in [2.24, 2.45) is 0 Å². The Balaban J connectivity index is 1.70. The summed E-state index contributed by atoms with van der Waals surface area (Å²) in [5.74, 6) is -1.22. The van der Waals surface area contributed by atoms with Crippen LogP contribution in [0.4, 0.5) is 13.2 Å². The Morgan fingerprint density at radius 1 is 1.34 bits per heavy atom. The molecule has 2 aromatic rings. The maximum atomic E-state index is 13.5. The zero-order chi connectivity index (χ0) is 23.5. The molecule has 4 atom stereocenters. The molecule has 1 aromatic carbocycles. The molecule has 32 heavy (non-hydrogen) atoms. The van der Waals surface area contributed by atoms with Gasteiger partial charge in [-0.15, -0.1) is 0 Å². The lowest BCUT2D eigenvalue weighted by Crippen LogP contribution is -2.34. The van der Waals surface area contributed by atoms with Crippen LogP contribution in [0.2, 0.25) is 5.02 Å². The summed E-state index contributed by atoms with van der Waals surface area (Å²) >= 11 is 5.76. The Morgan fingerprint density at radius 3 is 2.69 bits per heavy atom. The lowest BCUT2D eigenvalue weighted by molar-refractivity contribution is -0.0429. The number of hydrogen-bond donors (Lipinski definition) is 3. The van der Waals surface area contributed by atoms with E-state index < -0.39 is 62.8 Å². The number of ether oxygens (including phenoxy) is 1. The van der Waals surface area contributed by atoms with Crippen molar-refractivity contribution in [1.29, 1.82) is 0 Å². The zero-order valence-electron chi connectivity index (χ0n) is 16.1. The van der Waals surface area contributed by atoms with E-state index in [1.165, 1.54) is 24.3 Å². The standard InChI is InChI=1S/C17H18ClF3N3O7P/c18-9-1-3-10(4-2-9)31-32(28,22-6-14(20)21)29-8-13-12(25)5-15(30-13)24-7-11(19)16(26)23-17(24)27/h1-4,7,12-15,25H,5-6,8H2,(H,22,28)(H,23,26,27)/t12-,13+,15+,32?/m0/s1. The van der Waals surface area contributed by atoms with Crippen molar-refractivity contribution in [3.63, 3.8) is 0 Å². The van der Waals surface area contributed by atoms with Crippen LogP contribution < -0.4 is 20.9 Å². The Hall–Kier alpha value is -2.15. The maximum absolute atomic E-state index is 13.5. The molecule has 3 rings (SSSR count). The van der Waals surface area contributed by atoms with E-state index in [0.29, 0.717) is 11.2 Å². The number of benzene rings is 1. The minimum absolute atomic E-state index is 0.0144. The van der Waals surface area contributed by atoms with E-state index in [2.05, 4.69) is 0 Å². The quantitative estimate of drug-likeness (QED) is 0.447. The molecular weight excluding hydrogens is 482 g/mol. The first-order valence-corrected chi connectivity index (χ1v) is 11.1. The van der Waals surface area contributed by atoms with Gasteiger partial charge in [-0.3, -0.25) is 18.9 Å². The number of aromatic nitrogens is 2. The van der Waals surface area contributed by atoms with Gasteiger partial charge in [0.15, 0.2) is 0 Å². The van der Waals surface area contributed by atoms with Crippen molar-refractivity contribution in [2.45, 2.75) is 31.3 Å². The highest BCUT2D eigenvalue weighted by molar-refractivity contribution is 7.52. The summed E-state index contributed by atoms with van der Waals surface area (Å²) in [6.07, 6.45) is -6.01. The smallest absolute Gasteiger partial charge is 0.413 e. The molecule has 0 amide bonds. The molecule has 0 bridgehead atoms. The minimum atomic E-state index is -4.35. The van der Waals surface area contributed by atoms with Crippen molar-refractivity contribution in [3.05, 3.63) is 62.1 Å². The number of aliphatic hydroxyl groups excluding tert-OH is 1. The zero-order valence-corrected chi connectivity index (χ0v) is 17.8. The molecule has 0 aliphatic carbocycles. The third-order valence-electron chi connectivity index (χ3n) is 4.33.